The first-order valence-corrected chi connectivity index (χ1v) is 19.3. The van der Waals surface area contributed by atoms with Crippen molar-refractivity contribution in [1.82, 2.24) is 0 Å². The van der Waals surface area contributed by atoms with Gasteiger partial charge in [-0.2, -0.15) is 0 Å². The molecule has 1 unspecified atom stereocenters. The van der Waals surface area contributed by atoms with Gasteiger partial charge in [0.25, 0.3) is 0 Å². The van der Waals surface area contributed by atoms with E-state index in [0.29, 0.717) is 6.61 Å². The van der Waals surface area contributed by atoms with Crippen LogP contribution in [0.2, 0.25) is 5.04 Å². The second kappa shape index (κ2) is 16.9. The Kier molecular flexibility index (Phi) is 12.7. The molecule has 48 heavy (non-hydrogen) atoms. The molecule has 4 aromatic carbocycles. The van der Waals surface area contributed by atoms with Gasteiger partial charge in [0.15, 0.2) is 0 Å². The Hall–Kier alpha value is -3.21. The third-order valence-corrected chi connectivity index (χ3v) is 12.6. The summed E-state index contributed by atoms with van der Waals surface area (Å²) in [7, 11) is -0.539. The largest absolute Gasteiger partial charge is 0.497 e. The molecule has 254 valence electrons. The van der Waals surface area contributed by atoms with Gasteiger partial charge < -0.3 is 28.5 Å². The van der Waals surface area contributed by atoms with Gasteiger partial charge in [0.2, 0.25) is 9.04 Å². The summed E-state index contributed by atoms with van der Waals surface area (Å²) in [6, 6.07) is 35.4. The Bertz CT molecular complexity index is 1580. The molecular formula is C40H48O6SSi. The van der Waals surface area contributed by atoms with Crippen LogP contribution in [0.4, 0.5) is 0 Å². The van der Waals surface area contributed by atoms with Gasteiger partial charge in [-0.1, -0.05) is 118 Å². The fraction of sp³-hybridized carbons (Fsp3) is 0.350. The number of thioether (sulfide) groups is 1. The fourth-order valence-corrected chi connectivity index (χ4v) is 9.87. The average Bonchev–Trinajstić information content (AvgIpc) is 3.11. The van der Waals surface area contributed by atoms with Crippen LogP contribution in [0.5, 0.6) is 5.75 Å². The van der Waals surface area contributed by atoms with Crippen molar-refractivity contribution in [2.45, 2.75) is 62.3 Å². The smallest absolute Gasteiger partial charge is 0.214 e. The van der Waals surface area contributed by atoms with E-state index in [1.165, 1.54) is 16.3 Å². The predicted molar refractivity (Wildman–Crippen MR) is 199 cm³/mol. The van der Waals surface area contributed by atoms with Gasteiger partial charge >= 0.3 is 0 Å². The number of methoxy groups -OCH3 is 1. The summed E-state index contributed by atoms with van der Waals surface area (Å²) in [6.45, 7) is 11.4. The van der Waals surface area contributed by atoms with Crippen LogP contribution in [0.15, 0.2) is 116 Å². The van der Waals surface area contributed by atoms with Crippen molar-refractivity contribution >= 4 is 26.0 Å². The van der Waals surface area contributed by atoms with Crippen LogP contribution in [-0.4, -0.2) is 70.6 Å². The normalized spacial score (nSPS) is 21.8. The number of benzene rings is 4. The number of aliphatic hydroxyl groups excluding tert-OH is 1. The highest BCUT2D eigenvalue weighted by atomic mass is 32.2. The van der Waals surface area contributed by atoms with Crippen LogP contribution in [0.3, 0.4) is 0 Å². The maximum absolute atomic E-state index is 11.8. The maximum Gasteiger partial charge on any atom is 0.214 e. The first kappa shape index (κ1) is 36.1. The SMILES string of the molecule is C=CCO[C@H]1[C@@H](O)[C@@H](CO[SiH](c2cccc(-c3ccccc3)c2-c2ccccc2)C(C)(C)C)O[C@@H](SC)[C@@H]1OCc1ccc(OC)cc1. The second-order valence-corrected chi connectivity index (χ2v) is 17.4. The lowest BCUT2D eigenvalue weighted by molar-refractivity contribution is -0.231. The zero-order chi connectivity index (χ0) is 34.1. The van der Waals surface area contributed by atoms with Crippen LogP contribution in [0.25, 0.3) is 22.3 Å². The average molecular weight is 685 g/mol. The van der Waals surface area contributed by atoms with E-state index in [1.807, 2.05) is 42.7 Å². The topological polar surface area (TPSA) is 66.4 Å². The van der Waals surface area contributed by atoms with Gasteiger partial charge in [-0.3, -0.25) is 0 Å². The first-order chi connectivity index (χ1) is 23.2. The summed E-state index contributed by atoms with van der Waals surface area (Å²) >= 11 is 1.55. The molecule has 1 aliphatic rings. The van der Waals surface area contributed by atoms with E-state index >= 15 is 0 Å². The summed E-state index contributed by atoms with van der Waals surface area (Å²) in [5, 5.41) is 12.8. The Labute approximate surface area is 291 Å². The van der Waals surface area contributed by atoms with Gasteiger partial charge in [0.1, 0.15) is 35.6 Å². The predicted octanol–water partition coefficient (Wildman–Crippen LogP) is 7.38. The molecule has 0 spiro atoms. The molecular weight excluding hydrogens is 637 g/mol. The van der Waals surface area contributed by atoms with E-state index in [1.54, 1.807) is 24.9 Å². The number of hydrogen-bond donors (Lipinski definition) is 1. The van der Waals surface area contributed by atoms with Crippen molar-refractivity contribution in [3.63, 3.8) is 0 Å². The van der Waals surface area contributed by atoms with E-state index in [9.17, 15) is 5.11 Å². The van der Waals surface area contributed by atoms with Gasteiger partial charge in [0.05, 0.1) is 26.9 Å². The molecule has 1 saturated heterocycles. The molecule has 0 radical (unpaired) electrons. The van der Waals surface area contributed by atoms with Gasteiger partial charge in [-0.25, -0.2) is 0 Å². The van der Waals surface area contributed by atoms with Crippen LogP contribution in [0.1, 0.15) is 26.3 Å². The highest BCUT2D eigenvalue weighted by molar-refractivity contribution is 7.99. The molecule has 0 aromatic heterocycles. The molecule has 0 bridgehead atoms. The lowest BCUT2D eigenvalue weighted by atomic mass is 9.94. The van der Waals surface area contributed by atoms with Crippen molar-refractivity contribution < 1.29 is 28.5 Å². The molecule has 0 amide bonds. The number of aliphatic hydroxyl groups is 1. The minimum Gasteiger partial charge on any atom is -0.497 e. The summed E-state index contributed by atoms with van der Waals surface area (Å²) < 4.78 is 31.5. The number of rotatable bonds is 14. The molecule has 8 heteroatoms. The van der Waals surface area contributed by atoms with Crippen molar-refractivity contribution in [2.24, 2.45) is 0 Å². The minimum absolute atomic E-state index is 0.139. The summed E-state index contributed by atoms with van der Waals surface area (Å²) in [4.78, 5) is 0. The Morgan fingerprint density at radius 2 is 1.52 bits per heavy atom. The molecule has 1 fully saturated rings. The number of ether oxygens (including phenoxy) is 4. The van der Waals surface area contributed by atoms with E-state index in [0.717, 1.165) is 22.4 Å². The van der Waals surface area contributed by atoms with Gasteiger partial charge in [-0.05, 0) is 56.4 Å². The molecule has 1 N–H and O–H groups in total. The standard InChI is InChI=1S/C40H48O6SSi/c1-7-25-43-37-36(41)33(46-39(47-6)38(37)44-26-28-21-23-31(42-5)24-22-28)27-45-48(40(2,3)4)34-20-14-19-32(29-15-10-8-11-16-29)35(34)30-17-12-9-13-18-30/h7-24,33,36-39,41,48H,1,25-27H2,2-6H3/t33-,36+,37+,38-,39+,48?/m1/s1. The Morgan fingerprint density at radius 1 is 0.854 bits per heavy atom. The summed E-state index contributed by atoms with van der Waals surface area (Å²) in [6.07, 6.45) is 0.979. The molecule has 4 aromatic rings. The lowest BCUT2D eigenvalue weighted by Gasteiger charge is -2.44. The Morgan fingerprint density at radius 3 is 2.12 bits per heavy atom. The lowest BCUT2D eigenvalue weighted by Crippen LogP contribution is -2.60. The van der Waals surface area contributed by atoms with Crippen LogP contribution < -0.4 is 9.92 Å². The van der Waals surface area contributed by atoms with Crippen molar-refractivity contribution in [2.75, 3.05) is 26.6 Å². The number of hydrogen-bond acceptors (Lipinski definition) is 7. The maximum atomic E-state index is 11.8. The minimum atomic E-state index is -2.18. The van der Waals surface area contributed by atoms with Crippen LogP contribution in [-0.2, 0) is 25.2 Å². The molecule has 1 aliphatic heterocycles. The zero-order valence-corrected chi connectivity index (χ0v) is 30.6. The highest BCUT2D eigenvalue weighted by Crippen LogP contribution is 2.37. The van der Waals surface area contributed by atoms with Crippen molar-refractivity contribution in [3.05, 3.63) is 121 Å². The Balaban J connectivity index is 1.42. The quantitative estimate of drug-likeness (QED) is 0.110. The van der Waals surface area contributed by atoms with Gasteiger partial charge in [0, 0.05) is 0 Å². The third-order valence-electron chi connectivity index (χ3n) is 8.60. The summed E-state index contributed by atoms with van der Waals surface area (Å²) in [5.41, 5.74) is 5.31. The molecule has 6 atom stereocenters. The monoisotopic (exact) mass is 684 g/mol. The highest BCUT2D eigenvalue weighted by Gasteiger charge is 2.47. The fourth-order valence-electron chi connectivity index (χ4n) is 6.25. The third kappa shape index (κ3) is 8.68. The second-order valence-electron chi connectivity index (χ2n) is 13.1. The van der Waals surface area contributed by atoms with Crippen molar-refractivity contribution in [3.8, 4) is 28.0 Å². The zero-order valence-electron chi connectivity index (χ0n) is 28.6. The molecule has 5 rings (SSSR count). The molecule has 0 saturated carbocycles. The van der Waals surface area contributed by atoms with Crippen LogP contribution in [0, 0.1) is 0 Å². The van der Waals surface area contributed by atoms with Crippen molar-refractivity contribution in [1.29, 1.82) is 0 Å². The van der Waals surface area contributed by atoms with E-state index in [4.69, 9.17) is 23.4 Å². The van der Waals surface area contributed by atoms with E-state index in [-0.39, 0.29) is 23.7 Å². The molecule has 0 aliphatic carbocycles. The van der Waals surface area contributed by atoms with E-state index in [2.05, 4.69) is 94.1 Å². The summed E-state index contributed by atoms with van der Waals surface area (Å²) in [5.74, 6) is 0.784. The van der Waals surface area contributed by atoms with Crippen LogP contribution >= 0.6 is 11.8 Å². The molecule has 6 nitrogen and oxygen atoms in total. The van der Waals surface area contributed by atoms with Gasteiger partial charge in [-0.15, -0.1) is 18.3 Å². The van der Waals surface area contributed by atoms with E-state index < -0.39 is 33.5 Å². The first-order valence-electron chi connectivity index (χ1n) is 16.4. The molecule has 1 heterocycles.